The normalized spacial score (nSPS) is 14.2. The lowest BCUT2D eigenvalue weighted by Crippen LogP contribution is -2.33. The number of nitrogens with one attached hydrogen (secondary N) is 3. The standard InChI is InChI=1S/C27H33N5.C7H7NO/c1-28-19-21-12-14-22(15-13-21)20-32(18-17-30-25-10-4-3-9-24(25)29-2)26-11-5-7-23-8-6-16-31-27(23)26;9-6-8-7-4-2-1-3-5-7/h3-4,6,8-10,12-17,26,28-29H,5,7,11,18-20H2,1-2H3;1-6H,(H,8,9). The number of nitrogens with zero attached hydrogens (tertiary/aromatic N) is 3. The Morgan fingerprint density at radius 2 is 1.68 bits per heavy atom. The summed E-state index contributed by atoms with van der Waals surface area (Å²) in [5.41, 5.74) is 8.07. The Balaban J connectivity index is 0.000000367. The quantitative estimate of drug-likeness (QED) is 0.150. The molecule has 0 saturated heterocycles. The molecule has 0 spiro atoms. The van der Waals surface area contributed by atoms with E-state index in [-0.39, 0.29) is 0 Å². The van der Waals surface area contributed by atoms with Crippen LogP contribution in [-0.4, -0.2) is 43.1 Å². The minimum absolute atomic E-state index is 0.308. The molecule has 0 aliphatic heterocycles. The number of hydrogen-bond donors (Lipinski definition) is 3. The lowest BCUT2D eigenvalue weighted by molar-refractivity contribution is -0.105. The van der Waals surface area contributed by atoms with Gasteiger partial charge in [-0.25, -0.2) is 0 Å². The van der Waals surface area contributed by atoms with Crippen molar-refractivity contribution in [3.05, 3.63) is 120 Å². The number of benzene rings is 3. The number of aryl methyl sites for hydroxylation is 1. The molecule has 0 bridgehead atoms. The molecule has 1 aliphatic carbocycles. The Bertz CT molecular complexity index is 1370. The highest BCUT2D eigenvalue weighted by Gasteiger charge is 2.26. The first-order chi connectivity index (χ1) is 20.2. The van der Waals surface area contributed by atoms with Crippen LogP contribution in [0, 0.1) is 0 Å². The Morgan fingerprint density at radius 1 is 0.927 bits per heavy atom. The largest absolute Gasteiger partial charge is 0.386 e. The smallest absolute Gasteiger partial charge is 0.211 e. The molecule has 5 rings (SSSR count). The van der Waals surface area contributed by atoms with Crippen molar-refractivity contribution in [3.8, 4) is 0 Å². The zero-order valence-electron chi connectivity index (χ0n) is 24.0. The minimum atomic E-state index is 0.308. The summed E-state index contributed by atoms with van der Waals surface area (Å²) in [6, 6.07) is 31.0. The Morgan fingerprint density at radius 3 is 2.44 bits per heavy atom. The first kappa shape index (κ1) is 29.6. The molecular formula is C34H40N6O. The average molecular weight is 549 g/mol. The Kier molecular flexibility index (Phi) is 11.6. The number of rotatable bonds is 11. The van der Waals surface area contributed by atoms with Gasteiger partial charge in [0.1, 0.15) is 0 Å². The second kappa shape index (κ2) is 16.1. The zero-order valence-corrected chi connectivity index (χ0v) is 24.0. The number of aromatic nitrogens is 1. The van der Waals surface area contributed by atoms with Crippen LogP contribution in [0.4, 0.5) is 17.1 Å². The number of carbonyl (C=O) groups excluding carboxylic acids is 1. The van der Waals surface area contributed by atoms with Gasteiger partial charge >= 0.3 is 0 Å². The van der Waals surface area contributed by atoms with Gasteiger partial charge in [-0.15, -0.1) is 0 Å². The van der Waals surface area contributed by atoms with E-state index in [0.29, 0.717) is 12.5 Å². The van der Waals surface area contributed by atoms with E-state index in [9.17, 15) is 4.79 Å². The number of carbonyl (C=O) groups is 1. The van der Waals surface area contributed by atoms with E-state index in [1.165, 1.54) is 28.8 Å². The van der Waals surface area contributed by atoms with E-state index in [1.807, 2.05) is 75.0 Å². The molecule has 1 atom stereocenters. The predicted octanol–water partition coefficient (Wildman–Crippen LogP) is 6.38. The number of hydrogen-bond acceptors (Lipinski definition) is 6. The molecule has 3 aromatic carbocycles. The first-order valence-electron chi connectivity index (χ1n) is 14.2. The summed E-state index contributed by atoms with van der Waals surface area (Å²) in [7, 11) is 3.91. The maximum absolute atomic E-state index is 9.86. The van der Waals surface area contributed by atoms with Crippen LogP contribution in [0.1, 0.15) is 41.3 Å². The van der Waals surface area contributed by atoms with Gasteiger partial charge < -0.3 is 16.0 Å². The molecule has 1 aromatic heterocycles. The second-order valence-electron chi connectivity index (χ2n) is 9.94. The first-order valence-corrected chi connectivity index (χ1v) is 14.2. The molecule has 7 heteroatoms. The monoisotopic (exact) mass is 548 g/mol. The highest BCUT2D eigenvalue weighted by atomic mass is 16.1. The third-order valence-electron chi connectivity index (χ3n) is 7.12. The van der Waals surface area contributed by atoms with Crippen LogP contribution in [0.2, 0.25) is 0 Å². The summed E-state index contributed by atoms with van der Waals surface area (Å²) < 4.78 is 0. The fourth-order valence-electron chi connectivity index (χ4n) is 5.09. The topological polar surface area (TPSA) is 81.7 Å². The molecule has 0 radical (unpaired) electrons. The van der Waals surface area contributed by atoms with Crippen LogP contribution < -0.4 is 16.0 Å². The van der Waals surface area contributed by atoms with Gasteiger partial charge in [0.2, 0.25) is 6.41 Å². The van der Waals surface area contributed by atoms with E-state index in [2.05, 4.69) is 63.3 Å². The van der Waals surface area contributed by atoms with Crippen LogP contribution in [0.3, 0.4) is 0 Å². The van der Waals surface area contributed by atoms with E-state index in [4.69, 9.17) is 9.98 Å². The van der Waals surface area contributed by atoms with Crippen LogP contribution in [0.15, 0.2) is 102 Å². The van der Waals surface area contributed by atoms with Gasteiger partial charge in [0.05, 0.1) is 23.1 Å². The van der Waals surface area contributed by atoms with Gasteiger partial charge in [0.25, 0.3) is 0 Å². The minimum Gasteiger partial charge on any atom is -0.386 e. The predicted molar refractivity (Wildman–Crippen MR) is 170 cm³/mol. The highest BCUT2D eigenvalue weighted by molar-refractivity contribution is 5.73. The fourth-order valence-corrected chi connectivity index (χ4v) is 5.09. The van der Waals surface area contributed by atoms with E-state index in [1.54, 1.807) is 0 Å². The van der Waals surface area contributed by atoms with Crippen LogP contribution >= 0.6 is 0 Å². The maximum Gasteiger partial charge on any atom is 0.211 e. The number of pyridine rings is 1. The van der Waals surface area contributed by atoms with E-state index in [0.717, 1.165) is 49.5 Å². The van der Waals surface area contributed by atoms with Gasteiger partial charge in [-0.05, 0) is 73.3 Å². The van der Waals surface area contributed by atoms with Gasteiger partial charge in [-0.1, -0.05) is 60.7 Å². The average Bonchev–Trinajstić information content (AvgIpc) is 3.02. The summed E-state index contributed by atoms with van der Waals surface area (Å²) in [5.74, 6) is 0. The molecule has 4 aromatic rings. The SMILES string of the molecule is CNCc1ccc(CN(CC=Nc2ccccc2NC)C2CCCc3cccnc32)cc1.O=CNc1ccccc1. The summed E-state index contributed by atoms with van der Waals surface area (Å²) in [6.45, 7) is 2.54. The maximum atomic E-state index is 9.86. The van der Waals surface area contributed by atoms with Crippen LogP contribution in [0.25, 0.3) is 0 Å². The van der Waals surface area contributed by atoms with Gasteiger partial charge in [0.15, 0.2) is 0 Å². The lowest BCUT2D eigenvalue weighted by atomic mass is 9.90. The van der Waals surface area contributed by atoms with Crippen molar-refractivity contribution < 1.29 is 4.79 Å². The number of fused-ring (bicyclic) bond motifs is 1. The number of amides is 1. The molecule has 1 heterocycles. The third-order valence-corrected chi connectivity index (χ3v) is 7.12. The van der Waals surface area contributed by atoms with Crippen LogP contribution in [-0.2, 0) is 24.3 Å². The van der Waals surface area contributed by atoms with Crippen molar-refractivity contribution in [2.45, 2.75) is 38.4 Å². The summed E-state index contributed by atoms with van der Waals surface area (Å²) >= 11 is 0. The summed E-state index contributed by atoms with van der Waals surface area (Å²) in [5, 5.41) is 8.97. The zero-order chi connectivity index (χ0) is 28.7. The molecule has 41 heavy (non-hydrogen) atoms. The molecule has 0 saturated carbocycles. The molecule has 0 fully saturated rings. The number of anilines is 2. The van der Waals surface area contributed by atoms with Crippen molar-refractivity contribution in [2.75, 3.05) is 31.3 Å². The molecular weight excluding hydrogens is 508 g/mol. The lowest BCUT2D eigenvalue weighted by Gasteiger charge is -2.34. The van der Waals surface area contributed by atoms with Gasteiger partial charge in [0, 0.05) is 44.8 Å². The third kappa shape index (κ3) is 8.83. The molecule has 7 nitrogen and oxygen atoms in total. The van der Waals surface area contributed by atoms with Crippen LogP contribution in [0.5, 0.6) is 0 Å². The van der Waals surface area contributed by atoms with Gasteiger partial charge in [-0.3, -0.25) is 19.7 Å². The van der Waals surface area contributed by atoms with Crippen molar-refractivity contribution in [1.29, 1.82) is 0 Å². The molecule has 1 aliphatic rings. The Hall–Kier alpha value is -4.33. The number of aliphatic imine (C=N–C) groups is 1. The fraction of sp³-hybridized carbons (Fsp3) is 0.265. The molecule has 212 valence electrons. The molecule has 3 N–H and O–H groups in total. The van der Waals surface area contributed by atoms with Crippen molar-refractivity contribution >= 4 is 29.7 Å². The second-order valence-corrected chi connectivity index (χ2v) is 9.94. The molecule has 1 amide bonds. The summed E-state index contributed by atoms with van der Waals surface area (Å²) in [6.07, 6.45) is 8.08. The highest BCUT2D eigenvalue weighted by Crippen LogP contribution is 2.33. The van der Waals surface area contributed by atoms with E-state index >= 15 is 0 Å². The van der Waals surface area contributed by atoms with Crippen molar-refractivity contribution in [3.63, 3.8) is 0 Å². The number of para-hydroxylation sites is 3. The van der Waals surface area contributed by atoms with E-state index < -0.39 is 0 Å². The van der Waals surface area contributed by atoms with Gasteiger partial charge in [-0.2, -0.15) is 0 Å². The summed E-state index contributed by atoms with van der Waals surface area (Å²) in [4.78, 5) is 22.0. The Labute approximate surface area is 243 Å². The van der Waals surface area contributed by atoms with Crippen molar-refractivity contribution in [2.24, 2.45) is 4.99 Å². The molecule has 1 unspecified atom stereocenters. The van der Waals surface area contributed by atoms with Crippen molar-refractivity contribution in [1.82, 2.24) is 15.2 Å².